The molecule has 0 radical (unpaired) electrons. The fourth-order valence-electron chi connectivity index (χ4n) is 4.03. The maximum absolute atomic E-state index is 13.1. The lowest BCUT2D eigenvalue weighted by molar-refractivity contribution is -0.384. The molecule has 2 amide bonds. The molecular formula is C26H21N5O5. The van der Waals surface area contributed by atoms with Crippen LogP contribution < -0.4 is 10.2 Å². The van der Waals surface area contributed by atoms with E-state index < -0.39 is 11.0 Å². The molecule has 1 aromatic heterocycles. The van der Waals surface area contributed by atoms with Crippen LogP contribution in [0.25, 0.3) is 16.9 Å². The van der Waals surface area contributed by atoms with Gasteiger partial charge in [0.2, 0.25) is 5.91 Å². The lowest BCUT2D eigenvalue weighted by Gasteiger charge is -2.17. The second kappa shape index (κ2) is 9.71. The molecule has 5 rings (SSSR count). The number of non-ortho nitro benzene ring substituents is 1. The highest BCUT2D eigenvalue weighted by Crippen LogP contribution is 2.29. The number of ether oxygens (including phenoxy) is 1. The molecule has 0 aliphatic carbocycles. The normalized spacial score (nSPS) is 12.9. The van der Waals surface area contributed by atoms with E-state index >= 15 is 0 Å². The molecule has 1 saturated heterocycles. The van der Waals surface area contributed by atoms with Crippen molar-refractivity contribution in [3.63, 3.8) is 0 Å². The van der Waals surface area contributed by atoms with Crippen LogP contribution in [0.5, 0.6) is 0 Å². The molecule has 0 saturated carbocycles. The van der Waals surface area contributed by atoms with Crippen molar-refractivity contribution in [1.29, 1.82) is 0 Å². The van der Waals surface area contributed by atoms with Gasteiger partial charge in [-0.2, -0.15) is 5.10 Å². The second-order valence-electron chi connectivity index (χ2n) is 8.10. The SMILES string of the molecule is O=C(Cc1cn(-c2ccccc2)nc1-c1ccc([N+](=O)[O-])cc1)Nc1ccccc1N1CCOC1=O. The van der Waals surface area contributed by atoms with Crippen LogP contribution in [-0.2, 0) is 16.0 Å². The Morgan fingerprint density at radius 3 is 2.44 bits per heavy atom. The summed E-state index contributed by atoms with van der Waals surface area (Å²) in [4.78, 5) is 37.3. The first-order chi connectivity index (χ1) is 17.5. The molecule has 36 heavy (non-hydrogen) atoms. The molecule has 1 fully saturated rings. The van der Waals surface area contributed by atoms with E-state index in [0.717, 1.165) is 5.69 Å². The molecule has 1 aliphatic heterocycles. The van der Waals surface area contributed by atoms with Gasteiger partial charge < -0.3 is 10.1 Å². The number of nitro benzene ring substituents is 1. The molecular weight excluding hydrogens is 462 g/mol. The van der Waals surface area contributed by atoms with Gasteiger partial charge in [0.25, 0.3) is 5.69 Å². The number of cyclic esters (lactones) is 1. The number of amides is 2. The fourth-order valence-corrected chi connectivity index (χ4v) is 4.03. The monoisotopic (exact) mass is 483 g/mol. The van der Waals surface area contributed by atoms with Crippen molar-refractivity contribution in [2.24, 2.45) is 0 Å². The van der Waals surface area contributed by atoms with E-state index in [1.165, 1.54) is 17.0 Å². The van der Waals surface area contributed by atoms with Gasteiger partial charge in [-0.3, -0.25) is 19.8 Å². The van der Waals surface area contributed by atoms with Gasteiger partial charge in [-0.05, 0) is 36.4 Å². The fraction of sp³-hybridized carbons (Fsp3) is 0.115. The maximum Gasteiger partial charge on any atom is 0.414 e. The number of anilines is 2. The lowest BCUT2D eigenvalue weighted by atomic mass is 10.1. The Morgan fingerprint density at radius 1 is 1.03 bits per heavy atom. The van der Waals surface area contributed by atoms with Gasteiger partial charge in [-0.15, -0.1) is 0 Å². The molecule has 1 N–H and O–H groups in total. The van der Waals surface area contributed by atoms with E-state index in [4.69, 9.17) is 4.74 Å². The molecule has 0 spiro atoms. The third-order valence-electron chi connectivity index (χ3n) is 5.74. The molecule has 2 heterocycles. The lowest BCUT2D eigenvalue weighted by Crippen LogP contribution is -2.25. The zero-order valence-electron chi connectivity index (χ0n) is 19.0. The van der Waals surface area contributed by atoms with Gasteiger partial charge in [0.05, 0.1) is 40.6 Å². The van der Waals surface area contributed by atoms with Gasteiger partial charge in [0.15, 0.2) is 0 Å². The number of hydrogen-bond acceptors (Lipinski definition) is 6. The third-order valence-corrected chi connectivity index (χ3v) is 5.74. The number of aromatic nitrogens is 2. The highest BCUT2D eigenvalue weighted by atomic mass is 16.6. The zero-order chi connectivity index (χ0) is 25.1. The summed E-state index contributed by atoms with van der Waals surface area (Å²) in [7, 11) is 0. The molecule has 4 aromatic rings. The number of carbonyl (C=O) groups excluding carboxylic acids is 2. The molecule has 0 bridgehead atoms. The smallest absolute Gasteiger partial charge is 0.414 e. The highest BCUT2D eigenvalue weighted by molar-refractivity contribution is 6.00. The minimum Gasteiger partial charge on any atom is -0.447 e. The van der Waals surface area contributed by atoms with E-state index in [1.807, 2.05) is 30.3 Å². The predicted octanol–water partition coefficient (Wildman–Crippen LogP) is 4.59. The second-order valence-corrected chi connectivity index (χ2v) is 8.10. The maximum atomic E-state index is 13.1. The van der Waals surface area contributed by atoms with Crippen molar-refractivity contribution < 1.29 is 19.2 Å². The number of benzene rings is 3. The summed E-state index contributed by atoms with van der Waals surface area (Å²) >= 11 is 0. The van der Waals surface area contributed by atoms with Gasteiger partial charge in [0.1, 0.15) is 6.61 Å². The summed E-state index contributed by atoms with van der Waals surface area (Å²) in [6.45, 7) is 0.693. The largest absolute Gasteiger partial charge is 0.447 e. The highest BCUT2D eigenvalue weighted by Gasteiger charge is 2.26. The zero-order valence-corrected chi connectivity index (χ0v) is 19.0. The van der Waals surface area contributed by atoms with Crippen molar-refractivity contribution in [3.05, 3.63) is 101 Å². The first-order valence-corrected chi connectivity index (χ1v) is 11.2. The van der Waals surface area contributed by atoms with Crippen LogP contribution in [0.1, 0.15) is 5.56 Å². The van der Waals surface area contributed by atoms with Gasteiger partial charge in [-0.25, -0.2) is 9.48 Å². The van der Waals surface area contributed by atoms with Crippen LogP contribution in [0, 0.1) is 10.1 Å². The van der Waals surface area contributed by atoms with E-state index in [0.29, 0.717) is 41.3 Å². The summed E-state index contributed by atoms with van der Waals surface area (Å²) in [5.74, 6) is -0.300. The average molecular weight is 483 g/mol. The Kier molecular flexibility index (Phi) is 6.14. The van der Waals surface area contributed by atoms with Crippen molar-refractivity contribution in [1.82, 2.24) is 9.78 Å². The van der Waals surface area contributed by atoms with Crippen LogP contribution in [0.2, 0.25) is 0 Å². The minimum absolute atomic E-state index is 0.00205. The summed E-state index contributed by atoms with van der Waals surface area (Å²) < 4.78 is 6.70. The molecule has 0 atom stereocenters. The molecule has 0 unspecified atom stereocenters. The molecule has 180 valence electrons. The van der Waals surface area contributed by atoms with Crippen molar-refractivity contribution in [2.45, 2.75) is 6.42 Å². The van der Waals surface area contributed by atoms with Gasteiger partial charge in [0, 0.05) is 29.5 Å². The Labute approximate surface area is 205 Å². The van der Waals surface area contributed by atoms with Crippen molar-refractivity contribution in [2.75, 3.05) is 23.4 Å². The molecule has 10 nitrogen and oxygen atoms in total. The van der Waals surface area contributed by atoms with Gasteiger partial charge >= 0.3 is 6.09 Å². The van der Waals surface area contributed by atoms with Crippen molar-refractivity contribution >= 4 is 29.1 Å². The summed E-state index contributed by atoms with van der Waals surface area (Å²) in [5, 5.41) is 18.6. The summed E-state index contributed by atoms with van der Waals surface area (Å²) in [6, 6.07) is 22.5. The minimum atomic E-state index is -0.464. The van der Waals surface area contributed by atoms with E-state index in [9.17, 15) is 19.7 Å². The van der Waals surface area contributed by atoms with Crippen LogP contribution in [0.15, 0.2) is 85.1 Å². The third kappa shape index (κ3) is 4.64. The van der Waals surface area contributed by atoms with E-state index in [-0.39, 0.29) is 18.0 Å². The Balaban J connectivity index is 1.45. The molecule has 1 aliphatic rings. The van der Waals surface area contributed by atoms with Crippen LogP contribution >= 0.6 is 0 Å². The first kappa shape index (κ1) is 22.8. The summed E-state index contributed by atoms with van der Waals surface area (Å²) in [6.07, 6.45) is 1.31. The van der Waals surface area contributed by atoms with E-state index in [2.05, 4.69) is 10.4 Å². The quantitative estimate of drug-likeness (QED) is 0.303. The molecule has 10 heteroatoms. The van der Waals surface area contributed by atoms with Crippen LogP contribution in [0.4, 0.5) is 21.9 Å². The first-order valence-electron chi connectivity index (χ1n) is 11.2. The van der Waals surface area contributed by atoms with Gasteiger partial charge in [-0.1, -0.05) is 30.3 Å². The number of nitrogens with zero attached hydrogens (tertiary/aromatic N) is 4. The number of nitrogens with one attached hydrogen (secondary N) is 1. The number of para-hydroxylation sites is 3. The Bertz CT molecular complexity index is 1430. The van der Waals surface area contributed by atoms with Crippen molar-refractivity contribution in [3.8, 4) is 16.9 Å². The topological polar surface area (TPSA) is 120 Å². The Morgan fingerprint density at radius 2 is 1.75 bits per heavy atom. The standard InChI is InChI=1S/C26H21N5O5/c32-24(27-22-8-4-5-9-23(22)29-14-15-36-26(29)33)16-19-17-30(20-6-2-1-3-7-20)28-25(19)18-10-12-21(13-11-18)31(34)35/h1-13,17H,14-16H2,(H,27,32). The number of nitro groups is 1. The molecule has 3 aromatic carbocycles. The van der Waals surface area contributed by atoms with Crippen LogP contribution in [-0.4, -0.2) is 39.9 Å². The predicted molar refractivity (Wildman–Crippen MR) is 133 cm³/mol. The van der Waals surface area contributed by atoms with Crippen LogP contribution in [0.3, 0.4) is 0 Å². The average Bonchev–Trinajstić information content (AvgIpc) is 3.51. The van der Waals surface area contributed by atoms with E-state index in [1.54, 1.807) is 47.3 Å². The Hall–Kier alpha value is -4.99. The number of hydrogen-bond donors (Lipinski definition) is 1. The number of carbonyl (C=O) groups is 2. The summed E-state index contributed by atoms with van der Waals surface area (Å²) in [5.41, 5.74) is 3.67. The number of rotatable bonds is 7.